The van der Waals surface area contributed by atoms with Crippen LogP contribution in [0.4, 0.5) is 0 Å². The summed E-state index contributed by atoms with van der Waals surface area (Å²) in [6.45, 7) is 0.549. The smallest absolute Gasteiger partial charge is 0.276 e. The van der Waals surface area contributed by atoms with E-state index < -0.39 is 0 Å². The number of nitrogens with zero attached hydrogens (tertiary/aromatic N) is 2. The zero-order valence-electron chi connectivity index (χ0n) is 13.9. The molecule has 8 heteroatoms. The fourth-order valence-electron chi connectivity index (χ4n) is 3.48. The first-order valence-corrected chi connectivity index (χ1v) is 8.49. The summed E-state index contributed by atoms with van der Waals surface area (Å²) < 4.78 is 12.0. The van der Waals surface area contributed by atoms with Crippen LogP contribution in [0.25, 0.3) is 5.65 Å². The predicted octanol–water partition coefficient (Wildman–Crippen LogP) is 1.17. The number of ether oxygens (including phenoxy) is 2. The number of nitrogens with one attached hydrogen (secondary N) is 2. The van der Waals surface area contributed by atoms with E-state index in [4.69, 9.17) is 9.47 Å². The van der Waals surface area contributed by atoms with Gasteiger partial charge < -0.3 is 14.8 Å². The Morgan fingerprint density at radius 1 is 1.27 bits per heavy atom. The zero-order chi connectivity index (χ0) is 17.7. The van der Waals surface area contributed by atoms with Crippen LogP contribution in [0, 0.1) is 0 Å². The average molecular weight is 352 g/mol. The number of aromatic amines is 1. The van der Waals surface area contributed by atoms with Gasteiger partial charge in [-0.2, -0.15) is 0 Å². The van der Waals surface area contributed by atoms with Gasteiger partial charge in [-0.3, -0.25) is 14.7 Å². The molecule has 0 fully saturated rings. The number of H-pyrrole nitrogens is 1. The molecule has 26 heavy (non-hydrogen) atoms. The van der Waals surface area contributed by atoms with Crippen molar-refractivity contribution in [3.63, 3.8) is 0 Å². The lowest BCUT2D eigenvalue weighted by Gasteiger charge is -2.06. The van der Waals surface area contributed by atoms with E-state index in [0.29, 0.717) is 29.3 Å². The minimum Gasteiger partial charge on any atom is -0.454 e. The first-order chi connectivity index (χ1) is 12.7. The molecule has 8 nitrogen and oxygen atoms in total. The molecule has 1 aliphatic heterocycles. The quantitative estimate of drug-likeness (QED) is 0.737. The van der Waals surface area contributed by atoms with E-state index in [-0.39, 0.29) is 18.3 Å². The van der Waals surface area contributed by atoms with Crippen molar-refractivity contribution in [3.8, 4) is 11.5 Å². The van der Waals surface area contributed by atoms with Gasteiger partial charge in [-0.25, -0.2) is 9.50 Å². The van der Waals surface area contributed by atoms with Crippen molar-refractivity contribution in [2.24, 2.45) is 0 Å². The molecule has 1 aliphatic carbocycles. The van der Waals surface area contributed by atoms with Crippen molar-refractivity contribution in [2.75, 3.05) is 6.79 Å². The first kappa shape index (κ1) is 15.0. The number of hydrogen-bond donors (Lipinski definition) is 2. The van der Waals surface area contributed by atoms with Crippen LogP contribution in [0.15, 0.2) is 29.2 Å². The molecule has 132 valence electrons. The molecule has 0 saturated carbocycles. The van der Waals surface area contributed by atoms with E-state index in [1.165, 1.54) is 10.7 Å². The van der Waals surface area contributed by atoms with Crippen molar-refractivity contribution in [1.29, 1.82) is 0 Å². The molecule has 0 spiro atoms. The van der Waals surface area contributed by atoms with Crippen LogP contribution in [0.1, 0.15) is 33.6 Å². The van der Waals surface area contributed by atoms with Crippen molar-refractivity contribution in [1.82, 2.24) is 19.9 Å². The summed E-state index contributed by atoms with van der Waals surface area (Å²) in [6, 6.07) is 5.53. The third-order valence-corrected chi connectivity index (χ3v) is 4.82. The zero-order valence-corrected chi connectivity index (χ0v) is 13.9. The lowest BCUT2D eigenvalue weighted by molar-refractivity contribution is 0.0952. The van der Waals surface area contributed by atoms with Gasteiger partial charge in [0.1, 0.15) is 5.56 Å². The molecule has 0 unspecified atom stereocenters. The molecule has 0 radical (unpaired) electrons. The summed E-state index contributed by atoms with van der Waals surface area (Å²) in [5, 5.41) is 5.70. The van der Waals surface area contributed by atoms with Crippen molar-refractivity contribution in [3.05, 3.63) is 57.1 Å². The molecular weight excluding hydrogens is 336 g/mol. The standard InChI is InChI=1S/C18H16N4O4/c23-17(19-7-10-4-5-14-15(6-10)26-9-25-14)12-8-20-22-16(12)21-13-3-1-2-11(13)18(22)24/h4-6,8,20H,1-3,7,9H2,(H,19,23). The third kappa shape index (κ3) is 2.26. The number of fused-ring (bicyclic) bond motifs is 3. The molecule has 3 heterocycles. The van der Waals surface area contributed by atoms with Crippen molar-refractivity contribution < 1.29 is 14.3 Å². The molecule has 5 rings (SSSR count). The van der Waals surface area contributed by atoms with E-state index >= 15 is 0 Å². The van der Waals surface area contributed by atoms with Gasteiger partial charge in [-0.05, 0) is 37.0 Å². The van der Waals surface area contributed by atoms with Gasteiger partial charge in [0, 0.05) is 18.3 Å². The molecule has 2 aliphatic rings. The highest BCUT2D eigenvalue weighted by Crippen LogP contribution is 2.32. The molecule has 0 atom stereocenters. The predicted molar refractivity (Wildman–Crippen MR) is 91.6 cm³/mol. The maximum Gasteiger partial charge on any atom is 0.276 e. The Hall–Kier alpha value is -3.29. The van der Waals surface area contributed by atoms with E-state index in [1.54, 1.807) is 0 Å². The summed E-state index contributed by atoms with van der Waals surface area (Å²) in [7, 11) is 0. The number of aromatic nitrogens is 3. The Balaban J connectivity index is 1.41. The summed E-state index contributed by atoms with van der Waals surface area (Å²) >= 11 is 0. The number of rotatable bonds is 3. The highest BCUT2D eigenvalue weighted by atomic mass is 16.7. The molecule has 2 aromatic heterocycles. The topological polar surface area (TPSA) is 97.7 Å². The summed E-state index contributed by atoms with van der Waals surface area (Å²) in [5.74, 6) is 1.09. The Morgan fingerprint density at radius 3 is 3.08 bits per heavy atom. The van der Waals surface area contributed by atoms with Crippen molar-refractivity contribution in [2.45, 2.75) is 25.8 Å². The second-order valence-electron chi connectivity index (χ2n) is 6.41. The molecule has 2 N–H and O–H groups in total. The number of carbonyl (C=O) groups is 1. The van der Waals surface area contributed by atoms with Gasteiger partial charge in [-0.15, -0.1) is 0 Å². The van der Waals surface area contributed by atoms with Crippen LogP contribution in [-0.2, 0) is 19.4 Å². The van der Waals surface area contributed by atoms with Gasteiger partial charge in [0.25, 0.3) is 11.5 Å². The van der Waals surface area contributed by atoms with Gasteiger partial charge >= 0.3 is 0 Å². The summed E-state index contributed by atoms with van der Waals surface area (Å²) in [6.07, 6.45) is 3.98. The van der Waals surface area contributed by atoms with Crippen LogP contribution in [0.2, 0.25) is 0 Å². The molecule has 1 aromatic carbocycles. The Bertz CT molecular complexity index is 1100. The average Bonchev–Trinajstić information content (AvgIpc) is 3.38. The summed E-state index contributed by atoms with van der Waals surface area (Å²) in [5.41, 5.74) is 3.07. The van der Waals surface area contributed by atoms with E-state index in [1.807, 2.05) is 18.2 Å². The van der Waals surface area contributed by atoms with E-state index in [9.17, 15) is 9.59 Å². The van der Waals surface area contributed by atoms with Crippen molar-refractivity contribution >= 4 is 11.6 Å². The van der Waals surface area contributed by atoms with Crippen LogP contribution in [0.5, 0.6) is 11.5 Å². The third-order valence-electron chi connectivity index (χ3n) is 4.82. The van der Waals surface area contributed by atoms with E-state index in [0.717, 1.165) is 36.1 Å². The number of aryl methyl sites for hydroxylation is 1. The maximum atomic E-state index is 12.6. The lowest BCUT2D eigenvalue weighted by Crippen LogP contribution is -2.24. The molecule has 1 amide bonds. The van der Waals surface area contributed by atoms with Crippen LogP contribution in [0.3, 0.4) is 0 Å². The second-order valence-corrected chi connectivity index (χ2v) is 6.41. The van der Waals surface area contributed by atoms with Crippen LogP contribution < -0.4 is 20.3 Å². The van der Waals surface area contributed by atoms with Crippen LogP contribution >= 0.6 is 0 Å². The van der Waals surface area contributed by atoms with E-state index in [2.05, 4.69) is 15.4 Å². The first-order valence-electron chi connectivity index (χ1n) is 8.49. The minimum atomic E-state index is -0.286. The number of carbonyl (C=O) groups excluding carboxylic acids is 1. The maximum absolute atomic E-state index is 12.6. The number of amides is 1. The lowest BCUT2D eigenvalue weighted by atomic mass is 10.2. The highest BCUT2D eigenvalue weighted by molar-refractivity contribution is 5.99. The fourth-order valence-corrected chi connectivity index (χ4v) is 3.48. The molecule has 0 bridgehead atoms. The molecule has 3 aromatic rings. The van der Waals surface area contributed by atoms with Gasteiger partial charge in [0.2, 0.25) is 6.79 Å². The SMILES string of the molecule is O=C(NCc1ccc2c(c1)OCO2)c1c[nH]n2c(=O)c3c(nc12)CCC3. The second kappa shape index (κ2) is 5.62. The van der Waals surface area contributed by atoms with Gasteiger partial charge in [0.05, 0.1) is 5.69 Å². The fraction of sp³-hybridized carbons (Fsp3) is 0.278. The molecular formula is C18H16N4O4. The highest BCUT2D eigenvalue weighted by Gasteiger charge is 2.22. The van der Waals surface area contributed by atoms with Gasteiger partial charge in [-0.1, -0.05) is 6.07 Å². The normalized spacial score (nSPS) is 14.6. The Kier molecular flexibility index (Phi) is 3.24. The molecule has 0 saturated heterocycles. The van der Waals surface area contributed by atoms with Gasteiger partial charge in [0.15, 0.2) is 17.1 Å². The number of benzene rings is 1. The monoisotopic (exact) mass is 352 g/mol. The Morgan fingerprint density at radius 2 is 2.15 bits per heavy atom. The largest absolute Gasteiger partial charge is 0.454 e. The van der Waals surface area contributed by atoms with Crippen LogP contribution in [-0.4, -0.2) is 27.3 Å². The Labute approximate surface area is 147 Å². The minimum absolute atomic E-state index is 0.114. The summed E-state index contributed by atoms with van der Waals surface area (Å²) in [4.78, 5) is 29.6. The number of hydrogen-bond acceptors (Lipinski definition) is 5.